The van der Waals surface area contributed by atoms with Gasteiger partial charge in [-0.05, 0) is 36.4 Å². The van der Waals surface area contributed by atoms with Crippen molar-refractivity contribution < 1.29 is 28.2 Å². The molecule has 0 radical (unpaired) electrons. The minimum Gasteiger partial charge on any atom is -0.465 e. The summed E-state index contributed by atoms with van der Waals surface area (Å²) in [5.41, 5.74) is 1.55. The highest BCUT2D eigenvalue weighted by Gasteiger charge is 2.20. The van der Waals surface area contributed by atoms with Crippen molar-refractivity contribution in [2.45, 2.75) is 6.61 Å². The lowest BCUT2D eigenvalue weighted by Crippen LogP contribution is -2.48. The number of carbonyl (C=O) groups is 2. The topological polar surface area (TPSA) is 94.1 Å². The Kier molecular flexibility index (Phi) is 6.32. The van der Waals surface area contributed by atoms with E-state index in [9.17, 15) is 18.4 Å². The Morgan fingerprint density at radius 2 is 1.62 bits per heavy atom. The van der Waals surface area contributed by atoms with Gasteiger partial charge in [-0.1, -0.05) is 12.1 Å². The molecule has 1 aliphatic heterocycles. The van der Waals surface area contributed by atoms with Crippen LogP contribution in [0.2, 0.25) is 0 Å². The molecule has 3 rings (SSSR count). The number of nitrogens with zero attached hydrogens (tertiary/aromatic N) is 2. The molecule has 0 atom stereocenters. The summed E-state index contributed by atoms with van der Waals surface area (Å²) in [7, 11) is 0. The number of piperazine rings is 1. The third-order valence-corrected chi connectivity index (χ3v) is 4.39. The van der Waals surface area contributed by atoms with Crippen LogP contribution in [0.4, 0.5) is 35.4 Å². The number of carboxylic acid groups (broad SMARTS) is 1. The van der Waals surface area contributed by atoms with E-state index in [4.69, 9.17) is 5.11 Å². The van der Waals surface area contributed by atoms with Crippen LogP contribution < -0.4 is 20.3 Å². The number of amides is 3. The number of halogens is 2. The maximum Gasteiger partial charge on any atom is 0.407 e. The molecule has 1 fully saturated rings. The van der Waals surface area contributed by atoms with E-state index in [2.05, 4.69) is 20.3 Å². The van der Waals surface area contributed by atoms with Crippen molar-refractivity contribution >= 4 is 29.2 Å². The van der Waals surface area contributed by atoms with Crippen LogP contribution in [0.5, 0.6) is 5.75 Å². The van der Waals surface area contributed by atoms with Crippen LogP contribution in [0.3, 0.4) is 0 Å². The first-order valence-electron chi connectivity index (χ1n) is 8.87. The van der Waals surface area contributed by atoms with E-state index in [1.165, 1.54) is 23.1 Å². The number of para-hydroxylation sites is 2. The zero-order valence-corrected chi connectivity index (χ0v) is 15.3. The molecule has 2 aromatic carbocycles. The number of anilines is 3. The Bertz CT molecular complexity index is 856. The highest BCUT2D eigenvalue weighted by atomic mass is 19.3. The fraction of sp³-hybridized carbons (Fsp3) is 0.263. The monoisotopic (exact) mass is 406 g/mol. The van der Waals surface area contributed by atoms with Gasteiger partial charge in [0.05, 0.1) is 5.69 Å². The van der Waals surface area contributed by atoms with Gasteiger partial charge in [0.1, 0.15) is 5.75 Å². The van der Waals surface area contributed by atoms with Gasteiger partial charge in [-0.3, -0.25) is 0 Å². The summed E-state index contributed by atoms with van der Waals surface area (Å²) in [5, 5.41) is 14.1. The van der Waals surface area contributed by atoms with Crippen LogP contribution in [0.1, 0.15) is 0 Å². The summed E-state index contributed by atoms with van der Waals surface area (Å²) in [4.78, 5) is 26.6. The predicted octanol–water partition coefficient (Wildman–Crippen LogP) is 3.73. The Hall–Kier alpha value is -3.56. The molecule has 0 aliphatic carbocycles. The second kappa shape index (κ2) is 9.09. The number of benzene rings is 2. The van der Waals surface area contributed by atoms with Gasteiger partial charge in [0.2, 0.25) is 0 Å². The maximum absolute atomic E-state index is 12.5. The van der Waals surface area contributed by atoms with E-state index in [0.29, 0.717) is 31.9 Å². The highest BCUT2D eigenvalue weighted by Crippen LogP contribution is 2.26. The molecule has 0 unspecified atom stereocenters. The van der Waals surface area contributed by atoms with Crippen molar-refractivity contribution in [1.82, 2.24) is 4.90 Å². The van der Waals surface area contributed by atoms with Crippen LogP contribution in [-0.4, -0.2) is 54.9 Å². The smallest absolute Gasteiger partial charge is 0.407 e. The summed E-state index contributed by atoms with van der Waals surface area (Å²) in [6.45, 7) is -0.970. The molecule has 2 aromatic rings. The zero-order valence-electron chi connectivity index (χ0n) is 15.3. The van der Waals surface area contributed by atoms with Crippen molar-refractivity contribution in [1.29, 1.82) is 0 Å². The lowest BCUT2D eigenvalue weighted by molar-refractivity contribution is -0.0493. The van der Waals surface area contributed by atoms with Gasteiger partial charge >= 0.3 is 18.7 Å². The first-order valence-corrected chi connectivity index (χ1v) is 8.87. The summed E-state index contributed by atoms with van der Waals surface area (Å²) in [6, 6.07) is 12.4. The first kappa shape index (κ1) is 20.2. The van der Waals surface area contributed by atoms with Gasteiger partial charge in [0.15, 0.2) is 0 Å². The van der Waals surface area contributed by atoms with Crippen molar-refractivity contribution in [3.8, 4) is 5.75 Å². The van der Waals surface area contributed by atoms with Crippen LogP contribution in [0, 0.1) is 0 Å². The summed E-state index contributed by atoms with van der Waals surface area (Å²) >= 11 is 0. The van der Waals surface area contributed by atoms with Gasteiger partial charge in [0, 0.05) is 37.6 Å². The number of hydrogen-bond acceptors (Lipinski definition) is 4. The fourth-order valence-corrected chi connectivity index (χ4v) is 2.96. The normalized spacial score (nSPS) is 13.9. The summed E-state index contributed by atoms with van der Waals surface area (Å²) in [6.07, 6.45) is -0.921. The average Bonchev–Trinajstić information content (AvgIpc) is 2.70. The van der Waals surface area contributed by atoms with E-state index in [1.54, 1.807) is 18.2 Å². The SMILES string of the molecule is O=C(Nc1ccc(N2CCN(C(=O)O)CC2)cc1)Nc1ccccc1OC(F)F. The number of rotatable bonds is 5. The number of carbonyl (C=O) groups excluding carboxylic acids is 1. The fourth-order valence-electron chi connectivity index (χ4n) is 2.96. The van der Waals surface area contributed by atoms with Gasteiger partial charge in [-0.25, -0.2) is 9.59 Å². The summed E-state index contributed by atoms with van der Waals surface area (Å²) in [5.74, 6) is -0.131. The van der Waals surface area contributed by atoms with Crippen LogP contribution in [-0.2, 0) is 0 Å². The van der Waals surface area contributed by atoms with E-state index < -0.39 is 18.7 Å². The second-order valence-corrected chi connectivity index (χ2v) is 6.26. The highest BCUT2D eigenvalue weighted by molar-refractivity contribution is 6.00. The molecule has 154 valence electrons. The number of hydrogen-bond donors (Lipinski definition) is 3. The maximum atomic E-state index is 12.5. The molecular formula is C19H20F2N4O4. The van der Waals surface area contributed by atoms with E-state index >= 15 is 0 Å². The van der Waals surface area contributed by atoms with Crippen molar-refractivity contribution in [3.05, 3.63) is 48.5 Å². The largest absolute Gasteiger partial charge is 0.465 e. The molecule has 1 saturated heterocycles. The molecular weight excluding hydrogens is 386 g/mol. The third kappa shape index (κ3) is 5.47. The van der Waals surface area contributed by atoms with Crippen LogP contribution in [0.15, 0.2) is 48.5 Å². The number of nitrogens with one attached hydrogen (secondary N) is 2. The molecule has 10 heteroatoms. The number of ether oxygens (including phenoxy) is 1. The molecule has 0 saturated carbocycles. The van der Waals surface area contributed by atoms with Gasteiger partial charge in [0.25, 0.3) is 0 Å². The number of urea groups is 1. The standard InChI is InChI=1S/C19H20F2N4O4/c20-17(21)29-16-4-2-1-3-15(16)23-18(26)22-13-5-7-14(8-6-13)24-9-11-25(12-10-24)19(27)28/h1-8,17H,9-12H2,(H,27,28)(H2,22,23,26). The van der Waals surface area contributed by atoms with E-state index in [-0.39, 0.29) is 11.4 Å². The Morgan fingerprint density at radius 3 is 2.24 bits per heavy atom. The third-order valence-electron chi connectivity index (χ3n) is 4.39. The van der Waals surface area contributed by atoms with Crippen molar-refractivity contribution in [2.75, 3.05) is 41.7 Å². The minimum atomic E-state index is -2.99. The molecule has 0 spiro atoms. The molecule has 8 nitrogen and oxygen atoms in total. The quantitative estimate of drug-likeness (QED) is 0.704. The Morgan fingerprint density at radius 1 is 0.966 bits per heavy atom. The zero-order chi connectivity index (χ0) is 20.8. The van der Waals surface area contributed by atoms with E-state index in [1.807, 2.05) is 12.1 Å². The molecule has 0 bridgehead atoms. The van der Waals surface area contributed by atoms with Crippen molar-refractivity contribution in [3.63, 3.8) is 0 Å². The Balaban J connectivity index is 1.56. The van der Waals surface area contributed by atoms with E-state index in [0.717, 1.165) is 5.69 Å². The number of alkyl halides is 2. The first-order chi connectivity index (χ1) is 13.9. The van der Waals surface area contributed by atoms with Crippen molar-refractivity contribution in [2.24, 2.45) is 0 Å². The second-order valence-electron chi connectivity index (χ2n) is 6.26. The van der Waals surface area contributed by atoms with Crippen LogP contribution >= 0.6 is 0 Å². The molecule has 0 aromatic heterocycles. The molecule has 1 aliphatic rings. The minimum absolute atomic E-state index is 0.123. The molecule has 3 amide bonds. The molecule has 1 heterocycles. The molecule has 3 N–H and O–H groups in total. The Labute approximate surface area is 165 Å². The average molecular weight is 406 g/mol. The lowest BCUT2D eigenvalue weighted by atomic mass is 10.2. The lowest BCUT2D eigenvalue weighted by Gasteiger charge is -2.34. The summed E-state index contributed by atoms with van der Waals surface area (Å²) < 4.78 is 29.3. The molecule has 29 heavy (non-hydrogen) atoms. The van der Waals surface area contributed by atoms with Crippen LogP contribution in [0.25, 0.3) is 0 Å². The van der Waals surface area contributed by atoms with Gasteiger partial charge < -0.3 is 30.3 Å². The predicted molar refractivity (Wildman–Crippen MR) is 104 cm³/mol. The van der Waals surface area contributed by atoms with Gasteiger partial charge in [-0.15, -0.1) is 0 Å². The van der Waals surface area contributed by atoms with Gasteiger partial charge in [-0.2, -0.15) is 8.78 Å².